The summed E-state index contributed by atoms with van der Waals surface area (Å²) in [4.78, 5) is 11.0. The molecule has 22 heteroatoms. The second-order valence-electron chi connectivity index (χ2n) is 7.57. The van der Waals surface area contributed by atoms with E-state index in [-0.39, 0.29) is 6.92 Å². The number of hydrogen-bond acceptors (Lipinski definition) is 2. The maximum atomic E-state index is 15.3. The van der Waals surface area contributed by atoms with Gasteiger partial charge in [-0.1, -0.05) is 0 Å². The highest BCUT2D eigenvalue weighted by Crippen LogP contribution is 2.67. The van der Waals surface area contributed by atoms with Crippen LogP contribution in [-0.2, 0) is 4.79 Å². The number of carbonyl (C=O) groups is 1. The van der Waals surface area contributed by atoms with E-state index in [4.69, 9.17) is 10.2 Å². The third kappa shape index (κ3) is 4.73. The molecule has 0 bridgehead atoms. The molecule has 0 heterocycles. The number of alkyl halides is 19. The fourth-order valence-corrected chi connectivity index (χ4v) is 2.89. The van der Waals surface area contributed by atoms with E-state index in [9.17, 15) is 83.8 Å². The quantitative estimate of drug-likeness (QED) is 0.223. The first-order valence-corrected chi connectivity index (χ1v) is 8.87. The highest BCUT2D eigenvalue weighted by atomic mass is 19.4. The average molecular weight is 612 g/mol. The van der Waals surface area contributed by atoms with E-state index in [1.807, 2.05) is 0 Å². The fourth-order valence-electron chi connectivity index (χ4n) is 2.89. The van der Waals surface area contributed by atoms with Gasteiger partial charge < -0.3 is 10.2 Å². The number of carboxylic acid groups (broad SMARTS) is 1. The predicted octanol–water partition coefficient (Wildman–Crippen LogP) is 6.80. The first kappa shape index (κ1) is 35.8. The molecule has 2 atom stereocenters. The van der Waals surface area contributed by atoms with Crippen LogP contribution in [0.3, 0.4) is 0 Å². The van der Waals surface area contributed by atoms with Gasteiger partial charge in [0.15, 0.2) is 0 Å². The summed E-state index contributed by atoms with van der Waals surface area (Å²) in [7, 11) is 0. The standard InChI is InChI=1S/C16H11F19O3/c1-4(36)3-6(5(2)7(37)38)8(17,11(21,22)16(33,34)35)10(19,20)13(25,26)12(23,24)9(18,14(27,28)29)15(30,31)32/h4,36H,3H2,1-2H3,(H,37,38). The SMILES string of the molecule is CC(C(=O)O)=C(CC(C)O)C(F)(C(F)(F)C(F)(F)F)C(F)(F)C(F)(F)C(F)(F)C(F)(C(F)(F)F)C(F)(F)F. The van der Waals surface area contributed by atoms with Crippen LogP contribution in [0.5, 0.6) is 0 Å². The zero-order valence-corrected chi connectivity index (χ0v) is 17.8. The molecule has 0 saturated heterocycles. The average Bonchev–Trinajstić information content (AvgIpc) is 2.66. The summed E-state index contributed by atoms with van der Waals surface area (Å²) < 4.78 is 257. The number of aliphatic hydroxyl groups excluding tert-OH is 1. The van der Waals surface area contributed by atoms with E-state index in [0.717, 1.165) is 0 Å². The third-order valence-corrected chi connectivity index (χ3v) is 4.91. The highest BCUT2D eigenvalue weighted by Gasteiger charge is 2.98. The molecule has 2 unspecified atom stereocenters. The van der Waals surface area contributed by atoms with E-state index in [1.54, 1.807) is 0 Å². The number of halogens is 19. The van der Waals surface area contributed by atoms with Gasteiger partial charge in [-0.2, -0.15) is 74.6 Å². The molecule has 0 aromatic heterocycles. The Bertz CT molecular complexity index is 910. The van der Waals surface area contributed by atoms with Crippen molar-refractivity contribution < 1.29 is 98.4 Å². The monoisotopic (exact) mass is 612 g/mol. The zero-order valence-electron chi connectivity index (χ0n) is 17.8. The molecule has 0 radical (unpaired) electrons. The van der Waals surface area contributed by atoms with E-state index in [2.05, 4.69) is 0 Å². The lowest BCUT2D eigenvalue weighted by Gasteiger charge is -2.48. The van der Waals surface area contributed by atoms with Crippen molar-refractivity contribution in [3.8, 4) is 0 Å². The van der Waals surface area contributed by atoms with Gasteiger partial charge >= 0.3 is 53.9 Å². The van der Waals surface area contributed by atoms with Crippen LogP contribution in [0.2, 0.25) is 0 Å². The van der Waals surface area contributed by atoms with Crippen molar-refractivity contribution in [2.24, 2.45) is 0 Å². The molecule has 0 aliphatic carbocycles. The molecule has 3 nitrogen and oxygen atoms in total. The molecule has 0 rings (SSSR count). The summed E-state index contributed by atoms with van der Waals surface area (Å²) in [5.74, 6) is -38.4. The molecule has 0 fully saturated rings. The zero-order chi connectivity index (χ0) is 31.5. The minimum atomic E-state index is -9.12. The first-order chi connectivity index (χ1) is 16.2. The summed E-state index contributed by atoms with van der Waals surface area (Å²) in [6.45, 7) is -0.260. The van der Waals surface area contributed by atoms with Crippen molar-refractivity contribution in [2.45, 2.75) is 79.9 Å². The van der Waals surface area contributed by atoms with Crippen LogP contribution in [0.1, 0.15) is 20.3 Å². The normalized spacial score (nSPS) is 18.6. The van der Waals surface area contributed by atoms with Crippen LogP contribution in [0.25, 0.3) is 0 Å². The molecule has 38 heavy (non-hydrogen) atoms. The summed E-state index contributed by atoms with van der Waals surface area (Å²) in [5, 5.41) is 17.8. The lowest BCUT2D eigenvalue weighted by atomic mass is 9.73. The first-order valence-electron chi connectivity index (χ1n) is 8.87. The molecule has 0 aliphatic rings. The van der Waals surface area contributed by atoms with Gasteiger partial charge in [-0.3, -0.25) is 0 Å². The number of hydrogen-bond donors (Lipinski definition) is 2. The van der Waals surface area contributed by atoms with Crippen molar-refractivity contribution in [2.75, 3.05) is 0 Å². The molecule has 0 saturated carbocycles. The topological polar surface area (TPSA) is 57.5 Å². The smallest absolute Gasteiger partial charge is 0.457 e. The molecule has 0 amide bonds. The van der Waals surface area contributed by atoms with Gasteiger partial charge in [0.1, 0.15) is 0 Å². The Labute approximate surface area is 196 Å². The van der Waals surface area contributed by atoms with Crippen molar-refractivity contribution in [3.63, 3.8) is 0 Å². The maximum Gasteiger partial charge on any atom is 0.457 e. The summed E-state index contributed by atoms with van der Waals surface area (Å²) in [6.07, 6.45) is -30.1. The lowest BCUT2D eigenvalue weighted by molar-refractivity contribution is -0.461. The van der Waals surface area contributed by atoms with E-state index < -0.39 is 90.1 Å². The molecule has 0 aromatic carbocycles. The Kier molecular flexibility index (Phi) is 8.95. The van der Waals surface area contributed by atoms with Gasteiger partial charge in [0.2, 0.25) is 0 Å². The van der Waals surface area contributed by atoms with Gasteiger partial charge in [0, 0.05) is 5.57 Å². The second kappa shape index (κ2) is 9.49. The molecule has 0 aromatic rings. The Morgan fingerprint density at radius 3 is 1.18 bits per heavy atom. The molecular formula is C16H11F19O3. The number of rotatable bonds is 9. The summed E-state index contributed by atoms with van der Waals surface area (Å²) >= 11 is 0. The Hall–Kier alpha value is -2.16. The van der Waals surface area contributed by atoms with Gasteiger partial charge in [-0.05, 0) is 25.8 Å². The van der Waals surface area contributed by atoms with Crippen molar-refractivity contribution in [3.05, 3.63) is 11.1 Å². The largest absolute Gasteiger partial charge is 0.478 e. The fraction of sp³-hybridized carbons (Fsp3) is 0.812. The minimum Gasteiger partial charge on any atom is -0.478 e. The highest BCUT2D eigenvalue weighted by molar-refractivity contribution is 5.87. The van der Waals surface area contributed by atoms with Crippen LogP contribution in [0, 0.1) is 0 Å². The Morgan fingerprint density at radius 1 is 0.605 bits per heavy atom. The van der Waals surface area contributed by atoms with Gasteiger partial charge in [-0.25, -0.2) is 13.6 Å². The number of carboxylic acids is 1. The van der Waals surface area contributed by atoms with Crippen molar-refractivity contribution in [1.82, 2.24) is 0 Å². The minimum absolute atomic E-state index is 0.145. The van der Waals surface area contributed by atoms with Crippen LogP contribution in [0.4, 0.5) is 83.4 Å². The van der Waals surface area contributed by atoms with Gasteiger partial charge in [-0.15, -0.1) is 0 Å². The Balaban J connectivity index is 8.23. The molecule has 0 aliphatic heterocycles. The number of aliphatic carboxylic acids is 1. The maximum absolute atomic E-state index is 15.3. The molecule has 226 valence electrons. The van der Waals surface area contributed by atoms with Crippen LogP contribution < -0.4 is 0 Å². The Morgan fingerprint density at radius 2 is 0.947 bits per heavy atom. The van der Waals surface area contributed by atoms with Crippen LogP contribution in [0.15, 0.2) is 11.1 Å². The van der Waals surface area contributed by atoms with Gasteiger partial charge in [0.05, 0.1) is 6.10 Å². The second-order valence-corrected chi connectivity index (χ2v) is 7.57. The van der Waals surface area contributed by atoms with E-state index >= 15 is 4.39 Å². The van der Waals surface area contributed by atoms with Gasteiger partial charge in [0.25, 0.3) is 5.67 Å². The third-order valence-electron chi connectivity index (χ3n) is 4.91. The molecule has 2 N–H and O–H groups in total. The molecular weight excluding hydrogens is 601 g/mol. The van der Waals surface area contributed by atoms with Crippen molar-refractivity contribution in [1.29, 1.82) is 0 Å². The van der Waals surface area contributed by atoms with Crippen LogP contribution in [-0.4, -0.2) is 75.8 Å². The van der Waals surface area contributed by atoms with E-state index in [1.165, 1.54) is 0 Å². The van der Waals surface area contributed by atoms with Crippen molar-refractivity contribution >= 4 is 5.97 Å². The summed E-state index contributed by atoms with van der Waals surface area (Å²) in [5.41, 5.74) is -23.0. The number of aliphatic hydroxyl groups is 1. The van der Waals surface area contributed by atoms with E-state index in [0.29, 0.717) is 0 Å². The van der Waals surface area contributed by atoms with Crippen LogP contribution >= 0.6 is 0 Å². The summed E-state index contributed by atoms with van der Waals surface area (Å²) in [6, 6.07) is 0. The molecule has 0 spiro atoms. The predicted molar refractivity (Wildman–Crippen MR) is 82.3 cm³/mol. The lowest BCUT2D eigenvalue weighted by Crippen LogP contribution is -2.78.